The van der Waals surface area contributed by atoms with Crippen molar-refractivity contribution in [2.24, 2.45) is 11.3 Å². The summed E-state index contributed by atoms with van der Waals surface area (Å²) in [5, 5.41) is 33.6. The minimum absolute atomic E-state index is 0.00486. The number of benzene rings is 2. The highest BCUT2D eigenvalue weighted by Crippen LogP contribution is 2.18. The number of nitrogens with one attached hydrogen (secondary N) is 5. The molecule has 3 unspecified atom stereocenters. The first kappa shape index (κ1) is 40.0. The molecule has 0 spiro atoms. The van der Waals surface area contributed by atoms with Gasteiger partial charge >= 0.3 is 11.9 Å². The second kappa shape index (κ2) is 19.6. The zero-order chi connectivity index (χ0) is 35.9. The van der Waals surface area contributed by atoms with E-state index >= 15 is 0 Å². The van der Waals surface area contributed by atoms with Crippen LogP contribution >= 0.6 is 24.0 Å². The molecular formula is C34H47N5O7S2. The van der Waals surface area contributed by atoms with Crippen molar-refractivity contribution in [1.82, 2.24) is 16.0 Å². The van der Waals surface area contributed by atoms with Crippen molar-refractivity contribution in [3.8, 4) is 0 Å². The van der Waals surface area contributed by atoms with Crippen LogP contribution in [0.15, 0.2) is 54.6 Å². The highest BCUT2D eigenvalue weighted by atomic mass is 32.2. The van der Waals surface area contributed by atoms with Crippen molar-refractivity contribution in [3.05, 3.63) is 60.2 Å². The van der Waals surface area contributed by atoms with Crippen molar-refractivity contribution in [3.63, 3.8) is 0 Å². The van der Waals surface area contributed by atoms with Crippen LogP contribution in [0.4, 0.5) is 11.4 Å². The predicted octanol–water partition coefficient (Wildman–Crippen LogP) is 4.27. The van der Waals surface area contributed by atoms with Crippen LogP contribution in [-0.2, 0) is 30.4 Å². The van der Waals surface area contributed by atoms with Crippen molar-refractivity contribution >= 4 is 70.1 Å². The van der Waals surface area contributed by atoms with Gasteiger partial charge in [0.2, 0.25) is 17.7 Å². The lowest BCUT2D eigenvalue weighted by Crippen LogP contribution is -2.52. The highest BCUT2D eigenvalue weighted by molar-refractivity contribution is 7.99. The number of para-hydroxylation sites is 1. The minimum atomic E-state index is -1.25. The highest BCUT2D eigenvalue weighted by Gasteiger charge is 2.28. The third kappa shape index (κ3) is 16.1. The number of thiocarbonyl (C=S) groups is 1. The number of amides is 3. The number of carbonyl (C=O) groups excluding carboxylic acids is 3. The Balaban J connectivity index is 1.90. The first-order valence-electron chi connectivity index (χ1n) is 15.7. The Labute approximate surface area is 291 Å². The van der Waals surface area contributed by atoms with Crippen molar-refractivity contribution in [2.75, 3.05) is 22.1 Å². The molecule has 0 fully saturated rings. The van der Waals surface area contributed by atoms with Crippen molar-refractivity contribution < 1.29 is 34.2 Å². The maximum atomic E-state index is 13.2. The molecule has 0 heterocycles. The van der Waals surface area contributed by atoms with E-state index in [4.69, 9.17) is 12.2 Å². The van der Waals surface area contributed by atoms with Gasteiger partial charge < -0.3 is 36.8 Å². The van der Waals surface area contributed by atoms with Gasteiger partial charge in [-0.25, -0.2) is 9.59 Å². The fourth-order valence-electron chi connectivity index (χ4n) is 4.49. The molecule has 2 aromatic rings. The third-order valence-corrected chi connectivity index (χ3v) is 8.04. The lowest BCUT2D eigenvalue weighted by molar-refractivity contribution is -0.142. The molecule has 7 N–H and O–H groups in total. The molecule has 0 bridgehead atoms. The van der Waals surface area contributed by atoms with Crippen molar-refractivity contribution in [2.45, 2.75) is 78.4 Å². The fourth-order valence-corrected chi connectivity index (χ4v) is 5.75. The largest absolute Gasteiger partial charge is 0.480 e. The summed E-state index contributed by atoms with van der Waals surface area (Å²) in [5.41, 5.74) is 1.98. The van der Waals surface area contributed by atoms with Crippen LogP contribution in [0, 0.1) is 11.3 Å². The SMILES string of the molecule is CC(C)CC(NC(=O)Cc1ccc(NC(=S)Nc2ccccc2)cc1)C(=O)NC(CCSCC(NC(=O)CC(C)(C)C)C(=O)O)C(=O)O. The van der Waals surface area contributed by atoms with Crippen LogP contribution in [0.5, 0.6) is 0 Å². The van der Waals surface area contributed by atoms with Gasteiger partial charge in [-0.15, -0.1) is 0 Å². The Hall–Kier alpha value is -4.17. The number of carbonyl (C=O) groups is 5. The summed E-state index contributed by atoms with van der Waals surface area (Å²) in [4.78, 5) is 61.9. The smallest absolute Gasteiger partial charge is 0.327 e. The second-order valence-corrected chi connectivity index (χ2v) is 14.6. The summed E-state index contributed by atoms with van der Waals surface area (Å²) in [6, 6.07) is 13.3. The van der Waals surface area contributed by atoms with Gasteiger partial charge in [0, 0.05) is 23.5 Å². The van der Waals surface area contributed by atoms with Crippen LogP contribution in [0.2, 0.25) is 0 Å². The molecule has 0 saturated heterocycles. The van der Waals surface area contributed by atoms with E-state index in [1.54, 1.807) is 24.3 Å². The summed E-state index contributed by atoms with van der Waals surface area (Å²) in [6.07, 6.45) is 0.475. The Morgan fingerprint density at radius 1 is 0.771 bits per heavy atom. The number of rotatable bonds is 18. The minimum Gasteiger partial charge on any atom is -0.480 e. The Morgan fingerprint density at radius 2 is 1.33 bits per heavy atom. The van der Waals surface area contributed by atoms with Crippen LogP contribution in [0.25, 0.3) is 0 Å². The Bertz CT molecular complexity index is 1400. The zero-order valence-electron chi connectivity index (χ0n) is 28.0. The summed E-state index contributed by atoms with van der Waals surface area (Å²) < 4.78 is 0. The molecule has 12 nitrogen and oxygen atoms in total. The average Bonchev–Trinajstić information content (AvgIpc) is 2.97. The van der Waals surface area contributed by atoms with Gasteiger partial charge in [0.25, 0.3) is 0 Å². The molecule has 0 aromatic heterocycles. The number of anilines is 2. The van der Waals surface area contributed by atoms with E-state index in [1.165, 1.54) is 0 Å². The molecule has 0 radical (unpaired) electrons. The first-order chi connectivity index (χ1) is 22.5. The molecule has 2 aromatic carbocycles. The fraction of sp³-hybridized carbons (Fsp3) is 0.471. The van der Waals surface area contributed by atoms with E-state index < -0.39 is 41.9 Å². The number of carboxylic acid groups (broad SMARTS) is 2. The molecule has 0 aliphatic rings. The molecule has 3 atom stereocenters. The summed E-state index contributed by atoms with van der Waals surface area (Å²) in [7, 11) is 0. The van der Waals surface area contributed by atoms with Gasteiger partial charge in [0.15, 0.2) is 5.11 Å². The van der Waals surface area contributed by atoms with Gasteiger partial charge in [-0.3, -0.25) is 14.4 Å². The zero-order valence-corrected chi connectivity index (χ0v) is 29.6. The molecule has 3 amide bonds. The van der Waals surface area contributed by atoms with Crippen LogP contribution < -0.4 is 26.6 Å². The number of aliphatic carboxylic acids is 2. The van der Waals surface area contributed by atoms with Crippen molar-refractivity contribution in [1.29, 1.82) is 0 Å². The first-order valence-corrected chi connectivity index (χ1v) is 17.2. The van der Waals surface area contributed by atoms with Crippen LogP contribution in [0.1, 0.15) is 59.4 Å². The topological polar surface area (TPSA) is 186 Å². The van der Waals surface area contributed by atoms with Crippen LogP contribution in [0.3, 0.4) is 0 Å². The molecule has 2 rings (SSSR count). The van der Waals surface area contributed by atoms with Gasteiger partial charge in [-0.2, -0.15) is 11.8 Å². The maximum absolute atomic E-state index is 13.2. The van der Waals surface area contributed by atoms with Gasteiger partial charge in [-0.05, 0) is 72.0 Å². The van der Waals surface area contributed by atoms with E-state index in [9.17, 15) is 34.2 Å². The van der Waals surface area contributed by atoms with E-state index in [-0.39, 0.29) is 48.0 Å². The van der Waals surface area contributed by atoms with E-state index in [0.717, 1.165) is 23.1 Å². The Kier molecular flexibility index (Phi) is 16.3. The van der Waals surface area contributed by atoms with E-state index in [2.05, 4.69) is 26.6 Å². The Morgan fingerprint density at radius 3 is 1.88 bits per heavy atom. The molecule has 14 heteroatoms. The maximum Gasteiger partial charge on any atom is 0.327 e. The van der Waals surface area contributed by atoms with Gasteiger partial charge in [0.1, 0.15) is 18.1 Å². The van der Waals surface area contributed by atoms with Gasteiger partial charge in [0.05, 0.1) is 6.42 Å². The lowest BCUT2D eigenvalue weighted by atomic mass is 9.92. The van der Waals surface area contributed by atoms with E-state index in [0.29, 0.717) is 17.1 Å². The third-order valence-electron chi connectivity index (χ3n) is 6.74. The monoisotopic (exact) mass is 701 g/mol. The van der Waals surface area contributed by atoms with Gasteiger partial charge in [-0.1, -0.05) is 65.0 Å². The molecular weight excluding hydrogens is 655 g/mol. The molecule has 48 heavy (non-hydrogen) atoms. The number of carboxylic acids is 2. The number of hydrogen-bond donors (Lipinski definition) is 7. The average molecular weight is 702 g/mol. The molecule has 0 aliphatic carbocycles. The molecule has 262 valence electrons. The molecule has 0 saturated carbocycles. The quantitative estimate of drug-likeness (QED) is 0.0870. The van der Waals surface area contributed by atoms with Crippen LogP contribution in [-0.4, -0.2) is 74.6 Å². The predicted molar refractivity (Wildman–Crippen MR) is 193 cm³/mol. The molecule has 0 aliphatic heterocycles. The summed E-state index contributed by atoms with van der Waals surface area (Å²) >= 11 is 6.51. The normalized spacial score (nSPS) is 13.0. The lowest BCUT2D eigenvalue weighted by Gasteiger charge is -2.23. The summed E-state index contributed by atoms with van der Waals surface area (Å²) in [6.45, 7) is 9.39. The number of thioether (sulfide) groups is 1. The number of hydrogen-bond acceptors (Lipinski definition) is 7. The van der Waals surface area contributed by atoms with E-state index in [1.807, 2.05) is 65.0 Å². The summed E-state index contributed by atoms with van der Waals surface area (Å²) in [5.74, 6) is -3.55. The standard InChI is InChI=1S/C34H47N5O7S2/c1-21(2)17-26(37-28(40)18-22-11-13-24(14-12-22)36-33(47)35-23-9-7-6-8-10-23)30(42)39-25(31(43)44)15-16-48-20-27(32(45)46)38-29(41)19-34(3,4)5/h6-14,21,25-27H,15-20H2,1-5H3,(H,37,40)(H,38,41)(H,39,42)(H,43,44)(H,45,46)(H2,35,36,47). The second-order valence-electron chi connectivity index (χ2n) is 13.0.